The quantitative estimate of drug-likeness (QED) is 0.0165. The van der Waals surface area contributed by atoms with Crippen LogP contribution in [0.15, 0.2) is 96.0 Å². The molecule has 0 atom stereocenters. The van der Waals surface area contributed by atoms with E-state index in [1.807, 2.05) is 38.1 Å². The lowest BCUT2D eigenvalue weighted by atomic mass is 9.87. The van der Waals surface area contributed by atoms with Gasteiger partial charge in [0.1, 0.15) is 5.02 Å². The fraction of sp³-hybridized carbons (Fsp3) is 0.479. The Hall–Kier alpha value is -8.97. The number of anilines is 6. The zero-order chi connectivity index (χ0) is 77.9. The standard InChI is InChI=1S/C15H21N3O3.C15H22N2O.C13H13Cl2N3O2S.C13H19N3O2.C13H20N2.C4H6O3.HNO3/c1-10-8-13(12-4-6-17(3)7-5-12)15(18(20)21)9-14(10)16-11(2)19;1-11-10-14(4-5-15(11)16-12(2)18)13-6-8-17(3)9-7-13;1-8(2)21(19,20)11-6-4-3-5-10(11)17-12-9(14)7-16-13(15)18-12;1-9-7-11(10-3-5-15(2)6-4-10)13(16(17)18)8-12(9)14;1-10-9-12(3-4-13(10)14)11-5-7-15(2)8-6-11;1-3(5)7-4(2)6;2-1(3)4/h8-9,12H,4-7H2,1-3H3,(H,16,19);4-5,10,13H,6-9H2,1-3H3,(H,16,18);3-8H,1-2H3,(H,16,17,18);7-8,10H,3-6,14H2,1-2H3;3-4,9,11H,5-8,14H2,1-2H3;1-2H3;(H,2,3,4). The topological polar surface area (TPSA) is 388 Å². The van der Waals surface area contributed by atoms with E-state index in [2.05, 4.69) is 117 Å². The number of piperidine rings is 4. The fourth-order valence-corrected chi connectivity index (χ4v) is 13.6. The Bertz CT molecular complexity index is 4010. The number of carbonyl (C=O) groups excluding carboxylic acids is 4. The molecule has 0 aliphatic carbocycles. The maximum absolute atomic E-state index is 12.4. The number of nitrogens with two attached hydrogens (primary N) is 2. The SMILES string of the molecule is CC(=O)Nc1cc([N+](=O)[O-])c(C2CCN(C)CC2)cc1C.CC(=O)Nc1ccc(C2CCN(C)CC2)cc1C.CC(=O)OC(C)=O.CC(C)S(=O)(=O)c1ccccc1Nc1nc(Cl)ncc1Cl.Cc1cc(C2CCN(C)CC2)c([N+](=O)[O-])cc1N.Cc1cc(C2CCN(C)CC2)ccc1N.O=[N+]([O-])O. The van der Waals surface area contributed by atoms with Crippen LogP contribution in [0.1, 0.15) is 161 Å². The first kappa shape index (κ1) is 87.4. The van der Waals surface area contributed by atoms with E-state index in [-0.39, 0.29) is 65.9 Å². The zero-order valence-corrected chi connectivity index (χ0v) is 64.3. The molecule has 28 nitrogen and oxygen atoms in total. The van der Waals surface area contributed by atoms with Crippen molar-refractivity contribution in [3.63, 3.8) is 0 Å². The number of nitrogens with zero attached hydrogens (tertiary/aromatic N) is 9. The van der Waals surface area contributed by atoms with Gasteiger partial charge >= 0.3 is 11.9 Å². The first-order chi connectivity index (χ1) is 48.8. The third-order valence-corrected chi connectivity index (χ3v) is 20.8. The van der Waals surface area contributed by atoms with Crippen LogP contribution in [0.3, 0.4) is 0 Å². The van der Waals surface area contributed by atoms with Crippen molar-refractivity contribution in [2.75, 3.05) is 108 Å². The highest BCUT2D eigenvalue weighted by molar-refractivity contribution is 7.92. The van der Waals surface area contributed by atoms with E-state index in [0.717, 1.165) is 97.0 Å². The molecule has 10 rings (SSSR count). The second-order valence-corrected chi connectivity index (χ2v) is 30.0. The molecule has 0 spiro atoms. The monoisotopic (exact) mass is 1500 g/mol. The summed E-state index contributed by atoms with van der Waals surface area (Å²) in [6.45, 7) is 25.2. The smallest absolute Gasteiger partial charge is 0.310 e. The van der Waals surface area contributed by atoms with Gasteiger partial charge in [-0.15, -0.1) is 10.1 Å². The van der Waals surface area contributed by atoms with Crippen LogP contribution in [0.2, 0.25) is 10.3 Å². The van der Waals surface area contributed by atoms with Crippen LogP contribution < -0.4 is 27.4 Å². The molecule has 2 amide bonds. The van der Waals surface area contributed by atoms with Gasteiger partial charge < -0.3 is 57.0 Å². The molecule has 4 saturated heterocycles. The Morgan fingerprint density at radius 1 is 0.558 bits per heavy atom. The molecule has 0 bridgehead atoms. The number of para-hydroxylation sites is 1. The van der Waals surface area contributed by atoms with Crippen LogP contribution in [0.25, 0.3) is 0 Å². The number of nitro benzene ring substituents is 2. The lowest BCUT2D eigenvalue weighted by Gasteiger charge is -2.29. The van der Waals surface area contributed by atoms with E-state index >= 15 is 0 Å². The highest BCUT2D eigenvalue weighted by atomic mass is 35.5. The van der Waals surface area contributed by atoms with E-state index in [1.54, 1.807) is 39.0 Å². The van der Waals surface area contributed by atoms with Gasteiger partial charge in [0, 0.05) is 68.0 Å². The molecule has 1 aromatic heterocycles. The predicted molar refractivity (Wildman–Crippen MR) is 409 cm³/mol. The summed E-state index contributed by atoms with van der Waals surface area (Å²) in [6, 6.07) is 26.2. The molecule has 4 aliphatic heterocycles. The number of ether oxygens (including phenoxy) is 1. The Morgan fingerprint density at radius 2 is 0.942 bits per heavy atom. The van der Waals surface area contributed by atoms with Crippen LogP contribution >= 0.6 is 23.2 Å². The summed E-state index contributed by atoms with van der Waals surface area (Å²) in [4.78, 5) is 89.2. The number of nitro groups is 2. The summed E-state index contributed by atoms with van der Waals surface area (Å²) in [5, 5.41) is 44.3. The number of nitrogen functional groups attached to an aromatic ring is 2. The first-order valence-electron chi connectivity index (χ1n) is 34.2. The second-order valence-electron chi connectivity index (χ2n) is 26.7. The van der Waals surface area contributed by atoms with Gasteiger partial charge in [-0.25, -0.2) is 13.4 Å². The van der Waals surface area contributed by atoms with Crippen molar-refractivity contribution in [3.8, 4) is 0 Å². The average Bonchev–Trinajstić information content (AvgIpc) is 0.778. The fourth-order valence-electron chi connectivity index (χ4n) is 12.1. The Kier molecular flexibility index (Phi) is 35.4. The van der Waals surface area contributed by atoms with Gasteiger partial charge in [0.15, 0.2) is 15.7 Å². The number of hydrogen-bond donors (Lipinski definition) is 6. The van der Waals surface area contributed by atoms with Gasteiger partial charge in [0.05, 0.1) is 37.6 Å². The van der Waals surface area contributed by atoms with Gasteiger partial charge in [-0.1, -0.05) is 48.0 Å². The van der Waals surface area contributed by atoms with Crippen LogP contribution in [0.4, 0.5) is 45.6 Å². The molecule has 4 aliphatic rings. The van der Waals surface area contributed by atoms with E-state index < -0.39 is 32.1 Å². The number of likely N-dealkylation sites (tertiary alicyclic amines) is 4. The van der Waals surface area contributed by atoms with E-state index in [1.165, 1.54) is 114 Å². The minimum absolute atomic E-state index is 0.00913. The van der Waals surface area contributed by atoms with Crippen molar-refractivity contribution in [1.82, 2.24) is 29.6 Å². The summed E-state index contributed by atoms with van der Waals surface area (Å²) >= 11 is 11.7. The number of esters is 2. The Morgan fingerprint density at radius 3 is 1.35 bits per heavy atom. The molecule has 6 aromatic rings. The predicted octanol–water partition coefficient (Wildman–Crippen LogP) is 13.6. The molecule has 0 radical (unpaired) electrons. The number of aryl methyl sites for hydroxylation is 4. The third-order valence-electron chi connectivity index (χ3n) is 18.1. The van der Waals surface area contributed by atoms with E-state index in [4.69, 9.17) is 50.0 Å². The minimum atomic E-state index is -3.43. The summed E-state index contributed by atoms with van der Waals surface area (Å²) in [5.41, 5.74) is 23.8. The third kappa shape index (κ3) is 28.9. The molecule has 0 unspecified atom stereocenters. The number of halogens is 2. The molecular weight excluding hydrogens is 1400 g/mol. The molecule has 8 N–H and O–H groups in total. The van der Waals surface area contributed by atoms with E-state index in [9.17, 15) is 47.8 Å². The van der Waals surface area contributed by atoms with Crippen LogP contribution in [0.5, 0.6) is 0 Å². The molecule has 5 heterocycles. The average molecular weight is 1500 g/mol. The molecular formula is C73H102Cl2N14O14S. The zero-order valence-electron chi connectivity index (χ0n) is 62.0. The lowest BCUT2D eigenvalue weighted by Crippen LogP contribution is -2.29. The molecule has 4 fully saturated rings. The maximum atomic E-state index is 12.4. The Labute approximate surface area is 619 Å². The number of amides is 2. The minimum Gasteiger partial charge on any atom is -0.399 e. The van der Waals surface area contributed by atoms with Gasteiger partial charge in [-0.2, -0.15) is 4.98 Å². The van der Waals surface area contributed by atoms with Gasteiger partial charge in [0.2, 0.25) is 17.1 Å². The number of hydrogen-bond acceptors (Lipinski definition) is 22. The number of sulfone groups is 1. The van der Waals surface area contributed by atoms with Crippen LogP contribution in [0, 0.1) is 58.0 Å². The van der Waals surface area contributed by atoms with Crippen molar-refractivity contribution in [2.24, 2.45) is 0 Å². The van der Waals surface area contributed by atoms with Crippen molar-refractivity contribution >= 4 is 102 Å². The number of aromatic nitrogens is 2. The molecule has 0 saturated carbocycles. The van der Waals surface area contributed by atoms with Crippen molar-refractivity contribution < 1.29 is 52.5 Å². The number of carbonyl (C=O) groups is 4. The van der Waals surface area contributed by atoms with E-state index in [0.29, 0.717) is 23.0 Å². The van der Waals surface area contributed by atoms with Crippen molar-refractivity contribution in [1.29, 1.82) is 0 Å². The number of benzene rings is 5. The summed E-state index contributed by atoms with van der Waals surface area (Å²) in [6.07, 6.45) is 10.2. The summed E-state index contributed by atoms with van der Waals surface area (Å²) in [7, 11) is 5.10. The molecule has 31 heteroatoms. The maximum Gasteiger partial charge on any atom is 0.310 e. The highest BCUT2D eigenvalue weighted by Crippen LogP contribution is 2.39. The lowest BCUT2D eigenvalue weighted by molar-refractivity contribution is -0.742. The molecule has 568 valence electrons. The highest BCUT2D eigenvalue weighted by Gasteiger charge is 2.30. The normalized spacial score (nSPS) is 15.4. The first-order valence-corrected chi connectivity index (χ1v) is 36.5. The summed E-state index contributed by atoms with van der Waals surface area (Å²) < 4.78 is 28.7. The second kappa shape index (κ2) is 42.1. The Balaban J connectivity index is 0.000000266. The van der Waals surface area contributed by atoms with Crippen LogP contribution in [-0.4, -0.2) is 168 Å². The van der Waals surface area contributed by atoms with Crippen molar-refractivity contribution in [2.45, 2.75) is 154 Å². The summed E-state index contributed by atoms with van der Waals surface area (Å²) in [5.74, 6) is 0.798. The van der Waals surface area contributed by atoms with Gasteiger partial charge in [-0.05, 0) is 279 Å². The largest absolute Gasteiger partial charge is 0.399 e. The number of rotatable bonds is 12. The number of nitrogens with one attached hydrogen (secondary N) is 3. The molecule has 104 heavy (non-hydrogen) atoms. The van der Waals surface area contributed by atoms with Crippen molar-refractivity contribution in [3.05, 3.63) is 176 Å². The van der Waals surface area contributed by atoms with Crippen LogP contribution in [-0.2, 0) is 33.8 Å². The van der Waals surface area contributed by atoms with Gasteiger partial charge in [-0.3, -0.25) is 39.4 Å². The van der Waals surface area contributed by atoms with Gasteiger partial charge in [0.25, 0.3) is 16.5 Å². The molecule has 5 aromatic carbocycles.